The maximum Gasteiger partial charge on any atom is 0.331 e. The summed E-state index contributed by atoms with van der Waals surface area (Å²) in [6, 6.07) is 0. The van der Waals surface area contributed by atoms with Crippen molar-refractivity contribution < 1.29 is 19.8 Å². The lowest BCUT2D eigenvalue weighted by Gasteiger charge is -1.98. The molecule has 6 nitrogen and oxygen atoms in total. The van der Waals surface area contributed by atoms with Crippen LogP contribution in [0.25, 0.3) is 0 Å². The van der Waals surface area contributed by atoms with Gasteiger partial charge in [0.1, 0.15) is 0 Å². The summed E-state index contributed by atoms with van der Waals surface area (Å²) >= 11 is 2.88. The minimum atomic E-state index is -0.757. The van der Waals surface area contributed by atoms with E-state index in [2.05, 4.69) is 10.6 Å². The van der Waals surface area contributed by atoms with Crippen molar-refractivity contribution in [2.45, 2.75) is 10.7 Å². The lowest BCUT2D eigenvalue weighted by molar-refractivity contribution is -0.137. The Morgan fingerprint density at radius 1 is 0.938 bits per heavy atom. The van der Waals surface area contributed by atoms with E-state index in [4.69, 9.17) is 10.2 Å². The smallest absolute Gasteiger partial charge is 0.331 e. The van der Waals surface area contributed by atoms with Crippen LogP contribution < -0.4 is 10.6 Å². The first-order chi connectivity index (χ1) is 7.61. The van der Waals surface area contributed by atoms with Gasteiger partial charge in [0, 0.05) is 24.6 Å². The van der Waals surface area contributed by atoms with E-state index in [-0.39, 0.29) is 10.7 Å². The molecule has 2 heterocycles. The first-order valence-electron chi connectivity index (χ1n) is 4.77. The van der Waals surface area contributed by atoms with Crippen LogP contribution >= 0.6 is 23.5 Å². The highest BCUT2D eigenvalue weighted by atomic mass is 32.2. The molecule has 4 N–H and O–H groups in total. The Morgan fingerprint density at radius 3 is 1.44 bits per heavy atom. The highest BCUT2D eigenvalue weighted by molar-refractivity contribution is 8.01. The van der Waals surface area contributed by atoms with Crippen LogP contribution in [0, 0.1) is 0 Å². The first-order valence-corrected chi connectivity index (χ1v) is 6.86. The second-order valence-corrected chi connectivity index (χ2v) is 5.51. The molecular formula is C8H14N2O4S2. The Kier molecular flexibility index (Phi) is 5.96. The fourth-order valence-electron chi connectivity index (χ4n) is 1.17. The van der Waals surface area contributed by atoms with Crippen LogP contribution in [0.4, 0.5) is 0 Å². The molecule has 0 bridgehead atoms. The SMILES string of the molecule is O=C(O)C1NCCS1.O=C(O)C1NCCS1. The van der Waals surface area contributed by atoms with Gasteiger partial charge in [-0.2, -0.15) is 0 Å². The molecule has 92 valence electrons. The molecule has 16 heavy (non-hydrogen) atoms. The second-order valence-electron chi connectivity index (χ2n) is 3.09. The van der Waals surface area contributed by atoms with Gasteiger partial charge in [-0.05, 0) is 0 Å². The van der Waals surface area contributed by atoms with Crippen molar-refractivity contribution in [1.29, 1.82) is 0 Å². The van der Waals surface area contributed by atoms with Crippen molar-refractivity contribution in [3.05, 3.63) is 0 Å². The van der Waals surface area contributed by atoms with Crippen molar-refractivity contribution in [2.75, 3.05) is 24.6 Å². The highest BCUT2D eigenvalue weighted by Gasteiger charge is 2.21. The number of aliphatic carboxylic acids is 2. The van der Waals surface area contributed by atoms with Crippen molar-refractivity contribution in [3.8, 4) is 0 Å². The van der Waals surface area contributed by atoms with Crippen LogP contribution in [0.2, 0.25) is 0 Å². The number of hydrogen-bond donors (Lipinski definition) is 4. The second kappa shape index (κ2) is 7.00. The monoisotopic (exact) mass is 266 g/mol. The number of carboxylic acids is 2. The molecule has 2 aliphatic rings. The van der Waals surface area contributed by atoms with Crippen molar-refractivity contribution in [3.63, 3.8) is 0 Å². The van der Waals surface area contributed by atoms with Gasteiger partial charge in [0.15, 0.2) is 10.7 Å². The molecule has 0 amide bonds. The molecule has 8 heteroatoms. The zero-order valence-corrected chi connectivity index (χ0v) is 10.1. The molecule has 0 radical (unpaired) electrons. The summed E-state index contributed by atoms with van der Waals surface area (Å²) in [5.74, 6) is 0.313. The summed E-state index contributed by atoms with van der Waals surface area (Å²) in [6.07, 6.45) is 0. The Balaban J connectivity index is 0.000000160. The molecule has 0 aliphatic carbocycles. The summed E-state index contributed by atoms with van der Waals surface area (Å²) in [5, 5.41) is 21.6. The third-order valence-corrected chi connectivity index (χ3v) is 4.16. The number of carbonyl (C=O) groups is 2. The third-order valence-electron chi connectivity index (χ3n) is 1.88. The summed E-state index contributed by atoms with van der Waals surface area (Å²) in [6.45, 7) is 1.64. The van der Waals surface area contributed by atoms with E-state index in [0.717, 1.165) is 24.6 Å². The summed E-state index contributed by atoms with van der Waals surface area (Å²) in [7, 11) is 0. The standard InChI is InChI=1S/2C4H7NO2S/c2*6-4(7)3-5-1-2-8-3/h2*3,5H,1-2H2,(H,6,7). The van der Waals surface area contributed by atoms with Crippen molar-refractivity contribution in [2.24, 2.45) is 0 Å². The molecule has 2 atom stereocenters. The van der Waals surface area contributed by atoms with E-state index < -0.39 is 11.9 Å². The maximum atomic E-state index is 10.1. The predicted octanol–water partition coefficient (Wildman–Crippen LogP) is -0.533. The first kappa shape index (κ1) is 13.6. The molecule has 2 rings (SSSR count). The molecule has 2 fully saturated rings. The predicted molar refractivity (Wildman–Crippen MR) is 63.8 cm³/mol. The summed E-state index contributed by atoms with van der Waals surface area (Å²) in [5.41, 5.74) is 0. The normalized spacial score (nSPS) is 28.2. The third kappa shape index (κ3) is 4.60. The molecular weight excluding hydrogens is 252 g/mol. The van der Waals surface area contributed by atoms with Gasteiger partial charge in [-0.15, -0.1) is 23.5 Å². The molecule has 0 saturated carbocycles. The maximum absolute atomic E-state index is 10.1. The zero-order valence-electron chi connectivity index (χ0n) is 8.51. The number of thioether (sulfide) groups is 2. The Bertz CT molecular complexity index is 226. The molecule has 0 spiro atoms. The van der Waals surface area contributed by atoms with Gasteiger partial charge < -0.3 is 10.2 Å². The zero-order chi connectivity index (χ0) is 12.0. The van der Waals surface area contributed by atoms with Gasteiger partial charge in [-0.1, -0.05) is 0 Å². The molecule has 0 aromatic heterocycles. The number of nitrogens with one attached hydrogen (secondary N) is 2. The number of hydrogen-bond acceptors (Lipinski definition) is 6. The van der Waals surface area contributed by atoms with Crippen molar-refractivity contribution >= 4 is 35.5 Å². The lowest BCUT2D eigenvalue weighted by Crippen LogP contribution is -2.27. The molecule has 2 aliphatic heterocycles. The van der Waals surface area contributed by atoms with Gasteiger partial charge in [-0.25, -0.2) is 9.59 Å². The van der Waals surface area contributed by atoms with Crippen LogP contribution in [-0.2, 0) is 9.59 Å². The average Bonchev–Trinajstić information content (AvgIpc) is 2.93. The Hall–Kier alpha value is -0.440. The van der Waals surface area contributed by atoms with Crippen LogP contribution in [-0.4, -0.2) is 57.5 Å². The van der Waals surface area contributed by atoms with Crippen LogP contribution in [0.3, 0.4) is 0 Å². The molecule has 2 unspecified atom stereocenters. The van der Waals surface area contributed by atoms with E-state index in [9.17, 15) is 9.59 Å². The number of rotatable bonds is 2. The summed E-state index contributed by atoms with van der Waals surface area (Å²) in [4.78, 5) is 20.2. The topological polar surface area (TPSA) is 98.7 Å². The minimum Gasteiger partial charge on any atom is -0.479 e. The van der Waals surface area contributed by atoms with Crippen LogP contribution in [0.15, 0.2) is 0 Å². The summed E-state index contributed by atoms with van der Waals surface area (Å²) < 4.78 is 0. The fraction of sp³-hybridized carbons (Fsp3) is 0.750. The van der Waals surface area contributed by atoms with Gasteiger partial charge in [0.25, 0.3) is 0 Å². The quantitative estimate of drug-likeness (QED) is 0.529. The van der Waals surface area contributed by atoms with Gasteiger partial charge >= 0.3 is 11.9 Å². The highest BCUT2D eigenvalue weighted by Crippen LogP contribution is 2.13. The average molecular weight is 266 g/mol. The van der Waals surface area contributed by atoms with E-state index in [1.807, 2.05) is 0 Å². The molecule has 0 aromatic carbocycles. The van der Waals surface area contributed by atoms with Crippen LogP contribution in [0.1, 0.15) is 0 Å². The minimum absolute atomic E-state index is 0.352. The fourth-order valence-corrected chi connectivity index (χ4v) is 2.87. The van der Waals surface area contributed by atoms with Gasteiger partial charge in [0.05, 0.1) is 0 Å². The van der Waals surface area contributed by atoms with E-state index >= 15 is 0 Å². The lowest BCUT2D eigenvalue weighted by atomic mass is 10.6. The van der Waals surface area contributed by atoms with Crippen molar-refractivity contribution in [1.82, 2.24) is 10.6 Å². The van der Waals surface area contributed by atoms with E-state index in [1.54, 1.807) is 0 Å². The number of carboxylic acid groups (broad SMARTS) is 2. The Morgan fingerprint density at radius 2 is 1.31 bits per heavy atom. The molecule has 2 saturated heterocycles. The van der Waals surface area contributed by atoms with Gasteiger partial charge in [0.2, 0.25) is 0 Å². The largest absolute Gasteiger partial charge is 0.479 e. The Labute approximate surface area is 102 Å². The van der Waals surface area contributed by atoms with E-state index in [1.165, 1.54) is 23.5 Å². The van der Waals surface area contributed by atoms with E-state index in [0.29, 0.717) is 0 Å². The van der Waals surface area contributed by atoms with Gasteiger partial charge in [-0.3, -0.25) is 10.6 Å². The van der Waals surface area contributed by atoms with Crippen LogP contribution in [0.5, 0.6) is 0 Å². The molecule has 0 aromatic rings.